The Balaban J connectivity index is 0.00000121. The Labute approximate surface area is 147 Å². The molecular weight excluding hydrogens is 321 g/mol. The molecule has 0 bridgehead atoms. The van der Waals surface area contributed by atoms with Gasteiger partial charge < -0.3 is 15.5 Å². The summed E-state index contributed by atoms with van der Waals surface area (Å²) in [4.78, 5) is 14.8. The third-order valence-corrected chi connectivity index (χ3v) is 6.18. The first-order valence-electron chi connectivity index (χ1n) is 8.24. The molecule has 22 heavy (non-hydrogen) atoms. The second-order valence-corrected chi connectivity index (χ2v) is 7.41. The molecule has 6 heteroatoms. The van der Waals surface area contributed by atoms with Gasteiger partial charge in [0.2, 0.25) is 5.91 Å². The fourth-order valence-corrected chi connectivity index (χ4v) is 4.39. The van der Waals surface area contributed by atoms with Crippen LogP contribution in [0.15, 0.2) is 0 Å². The number of carbonyl (C=O) groups is 1. The van der Waals surface area contributed by atoms with Gasteiger partial charge in [-0.15, -0.1) is 24.8 Å². The van der Waals surface area contributed by atoms with Gasteiger partial charge in [0.15, 0.2) is 0 Å². The van der Waals surface area contributed by atoms with E-state index in [0.717, 1.165) is 26.1 Å². The van der Waals surface area contributed by atoms with Gasteiger partial charge in [-0.3, -0.25) is 4.79 Å². The van der Waals surface area contributed by atoms with Crippen molar-refractivity contribution in [3.63, 3.8) is 0 Å². The van der Waals surface area contributed by atoms with E-state index in [2.05, 4.69) is 29.6 Å². The van der Waals surface area contributed by atoms with Gasteiger partial charge in [-0.05, 0) is 64.7 Å². The summed E-state index contributed by atoms with van der Waals surface area (Å²) in [6.07, 6.45) is 8.53. The smallest absolute Gasteiger partial charge is 0.223 e. The quantitative estimate of drug-likeness (QED) is 0.815. The number of carbonyl (C=O) groups excluding carboxylic acids is 1. The number of nitrogens with one attached hydrogen (secondary N) is 2. The van der Waals surface area contributed by atoms with Crippen molar-refractivity contribution in [2.24, 2.45) is 11.3 Å². The highest BCUT2D eigenvalue weighted by atomic mass is 35.5. The normalized spacial score (nSPS) is 27.9. The molecular formula is C16H31Cl2N3O. The van der Waals surface area contributed by atoms with Crippen LogP contribution in [-0.4, -0.2) is 50.1 Å². The fraction of sp³-hybridized carbons (Fsp3) is 0.938. The number of nitrogens with zero attached hydrogens (tertiary/aromatic N) is 1. The SMILES string of the molecule is CN(C)C1(CNC(=O)C2CC23CCNCC3)CCCC1.Cl.Cl. The molecule has 1 aliphatic heterocycles. The number of hydrogen-bond donors (Lipinski definition) is 2. The second-order valence-electron chi connectivity index (χ2n) is 7.41. The minimum Gasteiger partial charge on any atom is -0.354 e. The van der Waals surface area contributed by atoms with Crippen LogP contribution in [0, 0.1) is 11.3 Å². The third-order valence-electron chi connectivity index (χ3n) is 6.18. The molecule has 2 saturated carbocycles. The molecule has 2 N–H and O–H groups in total. The molecule has 1 unspecified atom stereocenters. The zero-order valence-electron chi connectivity index (χ0n) is 13.8. The Morgan fingerprint density at radius 3 is 2.27 bits per heavy atom. The van der Waals surface area contributed by atoms with Crippen LogP contribution in [0.1, 0.15) is 44.9 Å². The molecule has 3 fully saturated rings. The lowest BCUT2D eigenvalue weighted by molar-refractivity contribution is -0.123. The van der Waals surface area contributed by atoms with Gasteiger partial charge >= 0.3 is 0 Å². The summed E-state index contributed by atoms with van der Waals surface area (Å²) in [5, 5.41) is 6.68. The summed E-state index contributed by atoms with van der Waals surface area (Å²) in [6, 6.07) is 0. The van der Waals surface area contributed by atoms with Crippen LogP contribution < -0.4 is 10.6 Å². The van der Waals surface area contributed by atoms with E-state index in [0.29, 0.717) is 17.2 Å². The van der Waals surface area contributed by atoms with Crippen LogP contribution in [0.3, 0.4) is 0 Å². The first-order valence-corrected chi connectivity index (χ1v) is 8.24. The lowest BCUT2D eigenvalue weighted by Gasteiger charge is -2.36. The highest BCUT2D eigenvalue weighted by molar-refractivity contribution is 5.85. The minimum atomic E-state index is 0. The summed E-state index contributed by atoms with van der Waals surface area (Å²) in [5.41, 5.74) is 0.572. The average molecular weight is 352 g/mol. The van der Waals surface area contributed by atoms with E-state index < -0.39 is 0 Å². The number of halogens is 2. The molecule has 1 atom stereocenters. The summed E-state index contributed by atoms with van der Waals surface area (Å²) >= 11 is 0. The number of piperidine rings is 1. The maximum absolute atomic E-state index is 12.5. The van der Waals surface area contributed by atoms with Crippen molar-refractivity contribution in [3.8, 4) is 0 Å². The molecule has 3 aliphatic rings. The van der Waals surface area contributed by atoms with Crippen molar-refractivity contribution in [3.05, 3.63) is 0 Å². The number of likely N-dealkylation sites (N-methyl/N-ethyl adjacent to an activating group) is 1. The predicted molar refractivity (Wildman–Crippen MR) is 95.0 cm³/mol. The molecule has 0 aromatic heterocycles. The summed E-state index contributed by atoms with van der Waals surface area (Å²) in [5.74, 6) is 0.616. The molecule has 0 aromatic rings. The van der Waals surface area contributed by atoms with Gasteiger partial charge in [0.05, 0.1) is 0 Å². The third kappa shape index (κ3) is 3.72. The van der Waals surface area contributed by atoms with Gasteiger partial charge in [-0.2, -0.15) is 0 Å². The van der Waals surface area contributed by atoms with E-state index in [-0.39, 0.29) is 30.4 Å². The van der Waals surface area contributed by atoms with E-state index in [4.69, 9.17) is 0 Å². The fourth-order valence-electron chi connectivity index (χ4n) is 4.39. The number of amides is 1. The summed E-state index contributed by atoms with van der Waals surface area (Å²) in [7, 11) is 4.31. The van der Waals surface area contributed by atoms with E-state index in [1.807, 2.05) is 0 Å². The molecule has 4 nitrogen and oxygen atoms in total. The van der Waals surface area contributed by atoms with Gasteiger partial charge in [0.25, 0.3) is 0 Å². The lowest BCUT2D eigenvalue weighted by Crippen LogP contribution is -2.51. The van der Waals surface area contributed by atoms with Crippen LogP contribution in [0.2, 0.25) is 0 Å². The second kappa shape index (κ2) is 7.69. The Bertz CT molecular complexity index is 378. The van der Waals surface area contributed by atoms with Crippen molar-refractivity contribution < 1.29 is 4.79 Å². The van der Waals surface area contributed by atoms with Crippen molar-refractivity contribution in [2.75, 3.05) is 33.7 Å². The molecule has 1 heterocycles. The van der Waals surface area contributed by atoms with Crippen LogP contribution in [0.5, 0.6) is 0 Å². The lowest BCUT2D eigenvalue weighted by atomic mass is 9.91. The monoisotopic (exact) mass is 351 g/mol. The van der Waals surface area contributed by atoms with E-state index in [1.54, 1.807) is 0 Å². The van der Waals surface area contributed by atoms with Gasteiger partial charge in [0, 0.05) is 18.0 Å². The highest BCUT2D eigenvalue weighted by Gasteiger charge is 2.57. The van der Waals surface area contributed by atoms with Crippen molar-refractivity contribution in [1.29, 1.82) is 0 Å². The maximum atomic E-state index is 12.5. The molecule has 1 spiro atoms. The minimum absolute atomic E-state index is 0. The molecule has 1 saturated heterocycles. The van der Waals surface area contributed by atoms with E-state index >= 15 is 0 Å². The van der Waals surface area contributed by atoms with Gasteiger partial charge in [-0.25, -0.2) is 0 Å². The first-order chi connectivity index (χ1) is 9.58. The standard InChI is InChI=1S/C16H29N3O.2ClH/c1-19(2)16(5-3-4-6-16)12-18-14(20)13-11-15(13)7-9-17-10-8-15;;/h13,17H,3-12H2,1-2H3,(H,18,20);2*1H. The first kappa shape index (κ1) is 20.0. The topological polar surface area (TPSA) is 44.4 Å². The van der Waals surface area contributed by atoms with Crippen molar-refractivity contribution in [2.45, 2.75) is 50.5 Å². The van der Waals surface area contributed by atoms with Crippen molar-refractivity contribution in [1.82, 2.24) is 15.5 Å². The van der Waals surface area contributed by atoms with Crippen LogP contribution in [-0.2, 0) is 4.79 Å². The highest BCUT2D eigenvalue weighted by Crippen LogP contribution is 2.58. The Morgan fingerprint density at radius 1 is 1.14 bits per heavy atom. The van der Waals surface area contributed by atoms with Crippen LogP contribution in [0.4, 0.5) is 0 Å². The molecule has 2 aliphatic carbocycles. The Morgan fingerprint density at radius 2 is 1.73 bits per heavy atom. The number of hydrogen-bond acceptors (Lipinski definition) is 3. The molecule has 0 aromatic carbocycles. The Hall–Kier alpha value is -0.0300. The van der Waals surface area contributed by atoms with Gasteiger partial charge in [0.1, 0.15) is 0 Å². The number of rotatable bonds is 4. The van der Waals surface area contributed by atoms with Crippen molar-refractivity contribution >= 4 is 30.7 Å². The zero-order valence-corrected chi connectivity index (χ0v) is 15.5. The molecule has 3 rings (SSSR count). The molecule has 130 valence electrons. The largest absolute Gasteiger partial charge is 0.354 e. The zero-order chi connectivity index (χ0) is 14.2. The summed E-state index contributed by atoms with van der Waals surface area (Å²) < 4.78 is 0. The van der Waals surface area contributed by atoms with E-state index in [1.165, 1.54) is 38.5 Å². The van der Waals surface area contributed by atoms with Crippen LogP contribution >= 0.6 is 24.8 Å². The molecule has 0 radical (unpaired) electrons. The Kier molecular flexibility index (Phi) is 7.00. The van der Waals surface area contributed by atoms with E-state index in [9.17, 15) is 4.79 Å². The predicted octanol–water partition coefficient (Wildman–Crippen LogP) is 2.21. The average Bonchev–Trinajstić information content (AvgIpc) is 2.92. The summed E-state index contributed by atoms with van der Waals surface area (Å²) in [6.45, 7) is 3.01. The molecule has 1 amide bonds. The maximum Gasteiger partial charge on any atom is 0.223 e. The van der Waals surface area contributed by atoms with Gasteiger partial charge in [-0.1, -0.05) is 12.8 Å². The van der Waals surface area contributed by atoms with Crippen LogP contribution in [0.25, 0.3) is 0 Å².